The predicted octanol–water partition coefficient (Wildman–Crippen LogP) is 5.09. The lowest BCUT2D eigenvalue weighted by atomic mass is 9.64. The van der Waals surface area contributed by atoms with Crippen molar-refractivity contribution in [3.05, 3.63) is 70.8 Å². The Balaban J connectivity index is 1.68. The Labute approximate surface area is 161 Å². The molecule has 0 radical (unpaired) electrons. The summed E-state index contributed by atoms with van der Waals surface area (Å²) in [6.07, 6.45) is 7.73. The van der Waals surface area contributed by atoms with Crippen molar-refractivity contribution in [2.45, 2.75) is 50.0 Å². The topological polar surface area (TPSA) is 37.4 Å². The molecular weight excluding hydrogens is 354 g/mol. The second-order valence-electron chi connectivity index (χ2n) is 8.24. The van der Waals surface area contributed by atoms with Gasteiger partial charge in [0.2, 0.25) is 10.0 Å². The Morgan fingerprint density at radius 1 is 1.00 bits per heavy atom. The van der Waals surface area contributed by atoms with E-state index in [1.54, 1.807) is 12.1 Å². The first-order valence-corrected chi connectivity index (χ1v) is 11.3. The second kappa shape index (κ2) is 6.05. The molecule has 2 aromatic rings. The normalized spacial score (nSPS) is 27.4. The minimum atomic E-state index is -3.53. The maximum atomic E-state index is 13.7. The molecule has 2 fully saturated rings. The number of rotatable bonds is 2. The highest BCUT2D eigenvalue weighted by atomic mass is 32.2. The van der Waals surface area contributed by atoms with Crippen molar-refractivity contribution >= 4 is 16.1 Å². The molecule has 3 aliphatic rings. The number of benzene rings is 2. The Bertz CT molecular complexity index is 1020. The predicted molar refractivity (Wildman–Crippen MR) is 108 cm³/mol. The van der Waals surface area contributed by atoms with Gasteiger partial charge in [-0.1, -0.05) is 53.6 Å². The highest BCUT2D eigenvalue weighted by Gasteiger charge is 2.54. The average Bonchev–Trinajstić information content (AvgIpc) is 3.07. The molecule has 3 nitrogen and oxygen atoms in total. The van der Waals surface area contributed by atoms with Gasteiger partial charge in [0.05, 0.1) is 10.9 Å². The molecule has 2 aromatic carbocycles. The van der Waals surface area contributed by atoms with Crippen LogP contribution in [0, 0.1) is 12.3 Å². The SMILES string of the molecule is Cc1ccc(S(=O)(=O)N2CCC[C@]34CCCC3=Cc3ccccc3[C@H]24)cc1. The fourth-order valence-corrected chi connectivity index (χ4v) is 7.26. The minimum absolute atomic E-state index is 0.00955. The highest BCUT2D eigenvalue weighted by Crippen LogP contribution is 2.62. The lowest BCUT2D eigenvalue weighted by Crippen LogP contribution is -2.49. The maximum Gasteiger partial charge on any atom is 0.243 e. The van der Waals surface area contributed by atoms with E-state index in [-0.39, 0.29) is 11.5 Å². The molecule has 2 aliphatic carbocycles. The van der Waals surface area contributed by atoms with Gasteiger partial charge >= 0.3 is 0 Å². The number of sulfonamides is 1. The summed E-state index contributed by atoms with van der Waals surface area (Å²) in [5.74, 6) is 0. The van der Waals surface area contributed by atoms with Crippen LogP contribution in [-0.4, -0.2) is 19.3 Å². The lowest BCUT2D eigenvalue weighted by molar-refractivity contribution is 0.103. The summed E-state index contributed by atoms with van der Waals surface area (Å²) in [5, 5.41) is 0. The van der Waals surface area contributed by atoms with Gasteiger partial charge < -0.3 is 0 Å². The summed E-state index contributed by atoms with van der Waals surface area (Å²) >= 11 is 0. The van der Waals surface area contributed by atoms with E-state index in [9.17, 15) is 8.42 Å². The van der Waals surface area contributed by atoms with Crippen molar-refractivity contribution in [2.75, 3.05) is 6.54 Å². The summed E-state index contributed by atoms with van der Waals surface area (Å²) in [4.78, 5) is 0.414. The molecule has 27 heavy (non-hydrogen) atoms. The van der Waals surface area contributed by atoms with Crippen LogP contribution in [0.5, 0.6) is 0 Å². The standard InChI is InChI=1S/C23H25NO2S/c1-17-9-11-20(12-10-17)27(25,26)24-15-5-14-23-13-4-7-19(23)16-18-6-2-3-8-21(18)22(23)24/h2-3,6,8-12,16,22H,4-5,7,13-15H2,1H3/t22-,23+/m0/s1. The summed E-state index contributed by atoms with van der Waals surface area (Å²) in [7, 11) is -3.53. The Hall–Kier alpha value is -1.91. The van der Waals surface area contributed by atoms with Gasteiger partial charge in [-0.3, -0.25) is 0 Å². The second-order valence-corrected chi connectivity index (χ2v) is 10.1. The van der Waals surface area contributed by atoms with E-state index < -0.39 is 10.0 Å². The van der Waals surface area contributed by atoms with Crippen molar-refractivity contribution in [3.63, 3.8) is 0 Å². The van der Waals surface area contributed by atoms with E-state index in [2.05, 4.69) is 24.3 Å². The van der Waals surface area contributed by atoms with Crippen molar-refractivity contribution in [3.8, 4) is 0 Å². The first-order chi connectivity index (χ1) is 13.0. The Kier molecular flexibility index (Phi) is 3.85. The molecule has 0 N–H and O–H groups in total. The molecule has 0 aromatic heterocycles. The van der Waals surface area contributed by atoms with Gasteiger partial charge in [-0.15, -0.1) is 0 Å². The summed E-state index contributed by atoms with van der Waals surface area (Å²) in [6, 6.07) is 15.6. The van der Waals surface area contributed by atoms with E-state index in [0.29, 0.717) is 11.4 Å². The Morgan fingerprint density at radius 3 is 2.56 bits per heavy atom. The zero-order valence-corrected chi connectivity index (χ0v) is 16.5. The monoisotopic (exact) mass is 379 g/mol. The first kappa shape index (κ1) is 17.2. The van der Waals surface area contributed by atoms with Crippen molar-refractivity contribution in [1.82, 2.24) is 4.31 Å². The summed E-state index contributed by atoms with van der Waals surface area (Å²) in [5.41, 5.74) is 4.91. The number of aryl methyl sites for hydroxylation is 1. The van der Waals surface area contributed by atoms with Crippen LogP contribution >= 0.6 is 0 Å². The molecule has 1 aliphatic heterocycles. The zero-order valence-electron chi connectivity index (χ0n) is 15.7. The van der Waals surface area contributed by atoms with E-state index in [1.807, 2.05) is 29.4 Å². The third-order valence-corrected chi connectivity index (χ3v) is 8.65. The molecule has 2 atom stereocenters. The molecule has 4 heteroatoms. The van der Waals surface area contributed by atoms with E-state index >= 15 is 0 Å². The number of fused-ring (bicyclic) bond motifs is 2. The van der Waals surface area contributed by atoms with Gasteiger partial charge in [-0.2, -0.15) is 4.31 Å². The summed E-state index contributed by atoms with van der Waals surface area (Å²) in [6.45, 7) is 2.59. The molecule has 1 saturated heterocycles. The van der Waals surface area contributed by atoms with Crippen LogP contribution < -0.4 is 0 Å². The molecule has 1 heterocycles. The molecule has 140 valence electrons. The average molecular weight is 380 g/mol. The summed E-state index contributed by atoms with van der Waals surface area (Å²) < 4.78 is 29.1. The Morgan fingerprint density at radius 2 is 1.74 bits per heavy atom. The number of piperidine rings is 1. The van der Waals surface area contributed by atoms with Crippen LogP contribution in [0.1, 0.15) is 54.8 Å². The molecular formula is C23H25NO2S. The van der Waals surface area contributed by atoms with Crippen molar-refractivity contribution < 1.29 is 8.42 Å². The largest absolute Gasteiger partial charge is 0.243 e. The van der Waals surface area contributed by atoms with Crippen LogP contribution in [0.3, 0.4) is 0 Å². The van der Waals surface area contributed by atoms with E-state index in [1.165, 1.54) is 16.7 Å². The van der Waals surface area contributed by atoms with Gasteiger partial charge in [0.15, 0.2) is 0 Å². The van der Waals surface area contributed by atoms with Crippen LogP contribution in [0.25, 0.3) is 6.08 Å². The molecule has 0 amide bonds. The number of hydrogen-bond donors (Lipinski definition) is 0. The van der Waals surface area contributed by atoms with Gasteiger partial charge in [-0.05, 0) is 62.3 Å². The maximum absolute atomic E-state index is 13.7. The number of hydrogen-bond acceptors (Lipinski definition) is 2. The van der Waals surface area contributed by atoms with Crippen LogP contribution in [0.15, 0.2) is 59.0 Å². The van der Waals surface area contributed by atoms with Gasteiger partial charge in [-0.25, -0.2) is 8.42 Å². The fraction of sp³-hybridized carbons (Fsp3) is 0.391. The van der Waals surface area contributed by atoms with Gasteiger partial charge in [0.1, 0.15) is 0 Å². The quantitative estimate of drug-likeness (QED) is 0.729. The smallest absolute Gasteiger partial charge is 0.207 e. The molecule has 0 unspecified atom stereocenters. The van der Waals surface area contributed by atoms with E-state index in [4.69, 9.17) is 0 Å². The molecule has 1 saturated carbocycles. The molecule has 0 bridgehead atoms. The van der Waals surface area contributed by atoms with Gasteiger partial charge in [0.25, 0.3) is 0 Å². The van der Waals surface area contributed by atoms with Gasteiger partial charge in [0, 0.05) is 12.0 Å². The molecule has 5 rings (SSSR count). The van der Waals surface area contributed by atoms with Crippen LogP contribution in [0.2, 0.25) is 0 Å². The minimum Gasteiger partial charge on any atom is -0.207 e. The fourth-order valence-electron chi connectivity index (χ4n) is 5.55. The zero-order chi connectivity index (χ0) is 18.6. The van der Waals surface area contributed by atoms with Crippen LogP contribution in [-0.2, 0) is 10.0 Å². The third kappa shape index (κ3) is 2.46. The van der Waals surface area contributed by atoms with Crippen LogP contribution in [0.4, 0.5) is 0 Å². The highest BCUT2D eigenvalue weighted by molar-refractivity contribution is 7.89. The third-order valence-electron chi connectivity index (χ3n) is 6.77. The lowest BCUT2D eigenvalue weighted by Gasteiger charge is -2.51. The van der Waals surface area contributed by atoms with Crippen molar-refractivity contribution in [1.29, 1.82) is 0 Å². The molecule has 1 spiro atoms. The van der Waals surface area contributed by atoms with Crippen molar-refractivity contribution in [2.24, 2.45) is 5.41 Å². The number of nitrogens with zero attached hydrogens (tertiary/aromatic N) is 1. The van der Waals surface area contributed by atoms with E-state index in [0.717, 1.165) is 37.7 Å². The first-order valence-electron chi connectivity index (χ1n) is 9.91.